The van der Waals surface area contributed by atoms with E-state index < -0.39 is 0 Å². The number of benzene rings is 2. The number of nitrogens with zero attached hydrogens (tertiary/aromatic N) is 2. The summed E-state index contributed by atoms with van der Waals surface area (Å²) in [6.45, 7) is 4.15. The molecule has 1 heterocycles. The Morgan fingerprint density at radius 1 is 0.889 bits per heavy atom. The van der Waals surface area contributed by atoms with Crippen molar-refractivity contribution in [3.05, 3.63) is 60.9 Å². The van der Waals surface area contributed by atoms with Gasteiger partial charge in [-0.25, -0.2) is 0 Å². The lowest BCUT2D eigenvalue weighted by Gasteiger charge is -2.23. The zero-order valence-electron chi connectivity index (χ0n) is 10.3. The lowest BCUT2D eigenvalue weighted by atomic mass is 10.2. The Labute approximate surface area is 107 Å². The molecule has 3 heteroatoms. The summed E-state index contributed by atoms with van der Waals surface area (Å²) in [6, 6.07) is 16.1. The summed E-state index contributed by atoms with van der Waals surface area (Å²) >= 11 is 0. The first-order chi connectivity index (χ1) is 8.70. The molecule has 0 amide bonds. The molecule has 2 aromatic carbocycles. The third-order valence-corrected chi connectivity index (χ3v) is 3.31. The van der Waals surface area contributed by atoms with Crippen LogP contribution < -0.4 is 15.5 Å². The van der Waals surface area contributed by atoms with Crippen LogP contribution in [0.25, 0.3) is 0 Å². The quantitative estimate of drug-likeness (QED) is 0.772. The van der Waals surface area contributed by atoms with Gasteiger partial charge in [-0.3, -0.25) is 4.90 Å². The van der Waals surface area contributed by atoms with Gasteiger partial charge in [0.25, 0.3) is 0 Å². The van der Waals surface area contributed by atoms with Crippen molar-refractivity contribution in [3.63, 3.8) is 0 Å². The van der Waals surface area contributed by atoms with Crippen LogP contribution in [0.5, 0.6) is 0 Å². The number of nitrogens with two attached hydrogens (primary N) is 1. The Bertz CT molecular complexity index is 619. The first-order valence-electron chi connectivity index (χ1n) is 5.86. The van der Waals surface area contributed by atoms with Crippen LogP contribution in [0.15, 0.2) is 60.9 Å². The molecule has 1 aliphatic heterocycles. The Kier molecular flexibility index (Phi) is 2.27. The Morgan fingerprint density at radius 2 is 1.44 bits per heavy atom. The fourth-order valence-electron chi connectivity index (χ4n) is 2.32. The number of hydrogen-bond donors (Lipinski definition) is 1. The van der Waals surface area contributed by atoms with Gasteiger partial charge in [0, 0.05) is 7.05 Å². The minimum Gasteiger partial charge on any atom is -0.397 e. The van der Waals surface area contributed by atoms with Crippen LogP contribution in [0.3, 0.4) is 0 Å². The fraction of sp³-hybridized carbons (Fsp3) is 0.0667. The molecule has 0 aromatic heterocycles. The molecule has 0 atom stereocenters. The van der Waals surface area contributed by atoms with Crippen molar-refractivity contribution in [1.29, 1.82) is 0 Å². The lowest BCUT2D eigenvalue weighted by molar-refractivity contribution is 1.10. The van der Waals surface area contributed by atoms with Crippen LogP contribution in [0.4, 0.5) is 22.7 Å². The van der Waals surface area contributed by atoms with E-state index in [1.807, 2.05) is 43.4 Å². The van der Waals surface area contributed by atoms with Crippen molar-refractivity contribution in [2.75, 3.05) is 22.6 Å². The fourth-order valence-corrected chi connectivity index (χ4v) is 2.32. The number of hydrogen-bond acceptors (Lipinski definition) is 3. The second-order valence-electron chi connectivity index (χ2n) is 4.36. The highest BCUT2D eigenvalue weighted by Crippen LogP contribution is 2.45. The van der Waals surface area contributed by atoms with E-state index in [4.69, 9.17) is 5.73 Å². The monoisotopic (exact) mass is 237 g/mol. The van der Waals surface area contributed by atoms with Crippen LogP contribution >= 0.6 is 0 Å². The summed E-state index contributed by atoms with van der Waals surface area (Å²) in [4.78, 5) is 4.16. The van der Waals surface area contributed by atoms with Gasteiger partial charge < -0.3 is 10.6 Å². The van der Waals surface area contributed by atoms with Gasteiger partial charge in [0.05, 0.1) is 22.7 Å². The lowest BCUT2D eigenvalue weighted by Crippen LogP contribution is -2.21. The highest BCUT2D eigenvalue weighted by Gasteiger charge is 2.28. The van der Waals surface area contributed by atoms with Gasteiger partial charge >= 0.3 is 0 Å². The minimum atomic E-state index is 0.753. The van der Waals surface area contributed by atoms with Crippen molar-refractivity contribution >= 4 is 22.7 Å². The molecule has 0 radical (unpaired) electrons. The molecule has 90 valence electrons. The van der Waals surface area contributed by atoms with Crippen molar-refractivity contribution in [2.24, 2.45) is 0 Å². The molecule has 0 spiro atoms. The molecule has 1 aliphatic rings. The molecule has 2 aromatic rings. The van der Waals surface area contributed by atoms with E-state index in [1.165, 1.54) is 0 Å². The third kappa shape index (κ3) is 1.37. The van der Waals surface area contributed by atoms with Crippen LogP contribution in [-0.2, 0) is 0 Å². The number of rotatable bonds is 1. The average Bonchev–Trinajstić information content (AvgIpc) is 2.64. The summed E-state index contributed by atoms with van der Waals surface area (Å²) in [6.07, 6.45) is 0. The predicted molar refractivity (Wildman–Crippen MR) is 77.0 cm³/mol. The van der Waals surface area contributed by atoms with Gasteiger partial charge in [0.1, 0.15) is 5.82 Å². The standard InChI is InChI=1S/C15H15N3/c1-11-17(2)14-9-5-6-10-15(14)18(11)13-8-4-3-7-12(13)16/h3-10H,1,16H2,2H3. The number of nitrogen functional groups attached to an aromatic ring is 1. The largest absolute Gasteiger partial charge is 0.397 e. The Morgan fingerprint density at radius 3 is 2.11 bits per heavy atom. The van der Waals surface area contributed by atoms with Gasteiger partial charge in [-0.15, -0.1) is 0 Å². The van der Waals surface area contributed by atoms with E-state index in [9.17, 15) is 0 Å². The van der Waals surface area contributed by atoms with Crippen molar-refractivity contribution in [2.45, 2.75) is 0 Å². The maximum Gasteiger partial charge on any atom is 0.110 e. The van der Waals surface area contributed by atoms with E-state index in [2.05, 4.69) is 28.5 Å². The molecule has 0 unspecified atom stereocenters. The van der Waals surface area contributed by atoms with E-state index in [0.717, 1.165) is 28.6 Å². The normalized spacial score (nSPS) is 13.9. The van der Waals surface area contributed by atoms with Gasteiger partial charge in [-0.05, 0) is 24.3 Å². The maximum absolute atomic E-state index is 6.06. The van der Waals surface area contributed by atoms with E-state index in [0.29, 0.717) is 0 Å². The van der Waals surface area contributed by atoms with E-state index in [-0.39, 0.29) is 0 Å². The SMILES string of the molecule is C=C1N(C)c2ccccc2N1c1ccccc1N. The molecule has 0 saturated carbocycles. The average molecular weight is 237 g/mol. The molecule has 3 nitrogen and oxygen atoms in total. The van der Waals surface area contributed by atoms with Crippen LogP contribution in [-0.4, -0.2) is 7.05 Å². The number of anilines is 4. The van der Waals surface area contributed by atoms with Gasteiger partial charge in [-0.1, -0.05) is 30.8 Å². The minimum absolute atomic E-state index is 0.753. The highest BCUT2D eigenvalue weighted by molar-refractivity contribution is 5.91. The first kappa shape index (κ1) is 10.7. The summed E-state index contributed by atoms with van der Waals surface area (Å²) in [5.74, 6) is 0.911. The van der Waals surface area contributed by atoms with Crippen molar-refractivity contribution in [1.82, 2.24) is 0 Å². The van der Waals surface area contributed by atoms with Crippen molar-refractivity contribution in [3.8, 4) is 0 Å². The Hall–Kier alpha value is -2.42. The molecule has 3 rings (SSSR count). The van der Waals surface area contributed by atoms with Crippen molar-refractivity contribution < 1.29 is 0 Å². The zero-order valence-corrected chi connectivity index (χ0v) is 10.3. The van der Waals surface area contributed by atoms with Gasteiger partial charge in [0.2, 0.25) is 0 Å². The van der Waals surface area contributed by atoms with E-state index >= 15 is 0 Å². The predicted octanol–water partition coefficient (Wildman–Crippen LogP) is 3.33. The first-order valence-corrected chi connectivity index (χ1v) is 5.86. The van der Waals surface area contributed by atoms with Gasteiger partial charge in [0.15, 0.2) is 0 Å². The second-order valence-corrected chi connectivity index (χ2v) is 4.36. The zero-order chi connectivity index (χ0) is 12.7. The molecular weight excluding hydrogens is 222 g/mol. The molecule has 0 fully saturated rings. The van der Waals surface area contributed by atoms with Crippen LogP contribution in [0.2, 0.25) is 0 Å². The number of fused-ring (bicyclic) bond motifs is 1. The third-order valence-electron chi connectivity index (χ3n) is 3.31. The second kappa shape index (κ2) is 3.81. The summed E-state index contributed by atoms with van der Waals surface area (Å²) < 4.78 is 0. The molecule has 18 heavy (non-hydrogen) atoms. The van der Waals surface area contributed by atoms with Crippen LogP contribution in [0.1, 0.15) is 0 Å². The topological polar surface area (TPSA) is 32.5 Å². The molecule has 0 aliphatic carbocycles. The smallest absolute Gasteiger partial charge is 0.110 e. The summed E-state index contributed by atoms with van der Waals surface area (Å²) in [5, 5.41) is 0. The van der Waals surface area contributed by atoms with E-state index in [1.54, 1.807) is 0 Å². The summed E-state index contributed by atoms with van der Waals surface area (Å²) in [5.41, 5.74) is 10.0. The Balaban J connectivity index is 2.20. The van der Waals surface area contributed by atoms with Gasteiger partial charge in [-0.2, -0.15) is 0 Å². The highest BCUT2D eigenvalue weighted by atomic mass is 15.4. The number of para-hydroxylation sites is 4. The molecule has 2 N–H and O–H groups in total. The maximum atomic E-state index is 6.06. The van der Waals surface area contributed by atoms with Crippen LogP contribution in [0, 0.1) is 0 Å². The summed E-state index contributed by atoms with van der Waals surface area (Å²) in [7, 11) is 2.01. The molecule has 0 bridgehead atoms. The molecular formula is C15H15N3. The molecule has 0 saturated heterocycles.